The van der Waals surface area contributed by atoms with Crippen molar-refractivity contribution in [1.82, 2.24) is 4.98 Å². The summed E-state index contributed by atoms with van der Waals surface area (Å²) >= 11 is 12.2. The van der Waals surface area contributed by atoms with Crippen LogP contribution in [0, 0.1) is 0 Å². The first-order valence-electron chi connectivity index (χ1n) is 5.29. The third-order valence-electron chi connectivity index (χ3n) is 2.53. The second-order valence-electron chi connectivity index (χ2n) is 3.74. The highest BCUT2D eigenvalue weighted by atomic mass is 35.5. The number of nitrogens with zero attached hydrogens (tertiary/aromatic N) is 1. The maximum atomic E-state index is 6.10. The summed E-state index contributed by atoms with van der Waals surface area (Å²) in [6.07, 6.45) is 3.53. The summed E-state index contributed by atoms with van der Waals surface area (Å²) in [7, 11) is 0. The Morgan fingerprint density at radius 1 is 1.06 bits per heavy atom. The van der Waals surface area contributed by atoms with Crippen LogP contribution in [0.5, 0.6) is 0 Å². The van der Waals surface area contributed by atoms with Gasteiger partial charge in [-0.2, -0.15) is 0 Å². The molecule has 0 radical (unpaired) electrons. The minimum Gasteiger partial charge on any atom is -0.376 e. The quantitative estimate of drug-likeness (QED) is 0.881. The molecular weight excluding hydrogens is 255 g/mol. The van der Waals surface area contributed by atoms with E-state index in [1.807, 2.05) is 30.3 Å². The van der Waals surface area contributed by atoms with Gasteiger partial charge in [-0.1, -0.05) is 29.3 Å². The molecule has 1 N–H and O–H groups in total. The number of halogens is 2. The summed E-state index contributed by atoms with van der Waals surface area (Å²) in [5, 5.41) is 4.55. The van der Waals surface area contributed by atoms with Crippen molar-refractivity contribution in [3.05, 3.63) is 58.3 Å². The van der Waals surface area contributed by atoms with Gasteiger partial charge in [0.1, 0.15) is 0 Å². The Labute approximate surface area is 111 Å². The molecule has 2 rings (SSSR count). The maximum absolute atomic E-state index is 6.10. The average molecular weight is 267 g/mol. The van der Waals surface area contributed by atoms with E-state index in [4.69, 9.17) is 23.2 Å². The fourth-order valence-electron chi connectivity index (χ4n) is 1.59. The summed E-state index contributed by atoms with van der Waals surface area (Å²) in [6.45, 7) is 2.05. The Morgan fingerprint density at radius 2 is 1.65 bits per heavy atom. The predicted molar refractivity (Wildman–Crippen MR) is 72.7 cm³/mol. The molecule has 0 fully saturated rings. The summed E-state index contributed by atoms with van der Waals surface area (Å²) in [5.41, 5.74) is 1.90. The highest BCUT2D eigenvalue weighted by Gasteiger charge is 2.10. The van der Waals surface area contributed by atoms with Crippen LogP contribution < -0.4 is 5.32 Å². The number of para-hydroxylation sites is 1. The lowest BCUT2D eigenvalue weighted by atomic mass is 10.1. The third-order valence-corrected chi connectivity index (χ3v) is 3.16. The Hall–Kier alpha value is -1.25. The Morgan fingerprint density at radius 3 is 2.24 bits per heavy atom. The minimum atomic E-state index is 0.121. The fraction of sp³-hybridized carbons (Fsp3) is 0.154. The molecule has 0 saturated carbocycles. The van der Waals surface area contributed by atoms with Crippen molar-refractivity contribution >= 4 is 28.9 Å². The Bertz CT molecular complexity index is 480. The summed E-state index contributed by atoms with van der Waals surface area (Å²) in [6, 6.07) is 9.50. The molecular formula is C13H12Cl2N2. The Balaban J connectivity index is 2.22. The number of anilines is 1. The van der Waals surface area contributed by atoms with Gasteiger partial charge in [0.2, 0.25) is 0 Å². The topological polar surface area (TPSA) is 24.9 Å². The van der Waals surface area contributed by atoms with E-state index in [0.29, 0.717) is 10.0 Å². The van der Waals surface area contributed by atoms with E-state index < -0.39 is 0 Å². The molecule has 17 heavy (non-hydrogen) atoms. The molecule has 0 aliphatic heterocycles. The molecule has 0 saturated heterocycles. The first-order valence-corrected chi connectivity index (χ1v) is 6.04. The monoisotopic (exact) mass is 266 g/mol. The van der Waals surface area contributed by atoms with Crippen molar-refractivity contribution < 1.29 is 0 Å². The van der Waals surface area contributed by atoms with Crippen LogP contribution in [0.1, 0.15) is 18.5 Å². The van der Waals surface area contributed by atoms with Crippen molar-refractivity contribution in [2.75, 3.05) is 5.32 Å². The molecule has 1 unspecified atom stereocenters. The van der Waals surface area contributed by atoms with Gasteiger partial charge in [0.05, 0.1) is 15.7 Å². The van der Waals surface area contributed by atoms with E-state index >= 15 is 0 Å². The molecule has 1 aromatic carbocycles. The van der Waals surface area contributed by atoms with E-state index in [1.165, 1.54) is 0 Å². The van der Waals surface area contributed by atoms with Crippen LogP contribution in [-0.4, -0.2) is 4.98 Å². The first-order chi connectivity index (χ1) is 8.18. The SMILES string of the molecule is CC(Nc1c(Cl)cccc1Cl)c1ccncc1. The number of hydrogen-bond donors (Lipinski definition) is 1. The van der Waals surface area contributed by atoms with Crippen molar-refractivity contribution in [1.29, 1.82) is 0 Å². The molecule has 2 aromatic rings. The Kier molecular flexibility index (Phi) is 3.87. The van der Waals surface area contributed by atoms with E-state index in [0.717, 1.165) is 11.3 Å². The van der Waals surface area contributed by atoms with Crippen molar-refractivity contribution in [3.8, 4) is 0 Å². The summed E-state index contributed by atoms with van der Waals surface area (Å²) in [4.78, 5) is 3.99. The molecule has 1 atom stereocenters. The van der Waals surface area contributed by atoms with Crippen LogP contribution in [0.15, 0.2) is 42.7 Å². The van der Waals surface area contributed by atoms with Crippen LogP contribution in [0.25, 0.3) is 0 Å². The molecule has 1 aromatic heterocycles. The van der Waals surface area contributed by atoms with Crippen LogP contribution in [-0.2, 0) is 0 Å². The van der Waals surface area contributed by atoms with Gasteiger partial charge >= 0.3 is 0 Å². The van der Waals surface area contributed by atoms with Gasteiger partial charge in [-0.3, -0.25) is 4.98 Å². The number of benzene rings is 1. The molecule has 1 heterocycles. The number of pyridine rings is 1. The summed E-state index contributed by atoms with van der Waals surface area (Å²) in [5.74, 6) is 0. The molecule has 0 spiro atoms. The molecule has 0 aliphatic rings. The lowest BCUT2D eigenvalue weighted by Crippen LogP contribution is -2.07. The maximum Gasteiger partial charge on any atom is 0.0723 e. The minimum absolute atomic E-state index is 0.121. The molecule has 4 heteroatoms. The number of hydrogen-bond acceptors (Lipinski definition) is 2. The van der Waals surface area contributed by atoms with Crippen LogP contribution in [0.3, 0.4) is 0 Å². The van der Waals surface area contributed by atoms with Crippen LogP contribution >= 0.6 is 23.2 Å². The number of nitrogens with one attached hydrogen (secondary N) is 1. The van der Waals surface area contributed by atoms with E-state index in [9.17, 15) is 0 Å². The molecule has 0 amide bonds. The normalized spacial score (nSPS) is 12.2. The molecule has 88 valence electrons. The molecule has 2 nitrogen and oxygen atoms in total. The fourth-order valence-corrected chi connectivity index (χ4v) is 2.09. The van der Waals surface area contributed by atoms with Crippen LogP contribution in [0.2, 0.25) is 10.0 Å². The van der Waals surface area contributed by atoms with E-state index in [2.05, 4.69) is 17.2 Å². The van der Waals surface area contributed by atoms with Gasteiger partial charge in [-0.25, -0.2) is 0 Å². The molecule has 0 aliphatic carbocycles. The lowest BCUT2D eigenvalue weighted by molar-refractivity contribution is 0.881. The van der Waals surface area contributed by atoms with Gasteiger partial charge in [0.25, 0.3) is 0 Å². The van der Waals surface area contributed by atoms with Crippen molar-refractivity contribution in [3.63, 3.8) is 0 Å². The van der Waals surface area contributed by atoms with Crippen molar-refractivity contribution in [2.45, 2.75) is 13.0 Å². The zero-order valence-corrected chi connectivity index (χ0v) is 10.8. The highest BCUT2D eigenvalue weighted by molar-refractivity contribution is 6.39. The molecule has 0 bridgehead atoms. The van der Waals surface area contributed by atoms with E-state index in [-0.39, 0.29) is 6.04 Å². The second kappa shape index (κ2) is 5.39. The van der Waals surface area contributed by atoms with Crippen LogP contribution in [0.4, 0.5) is 5.69 Å². The number of rotatable bonds is 3. The third kappa shape index (κ3) is 2.90. The van der Waals surface area contributed by atoms with Gasteiger partial charge < -0.3 is 5.32 Å². The first kappa shape index (κ1) is 12.2. The average Bonchev–Trinajstić information content (AvgIpc) is 2.35. The highest BCUT2D eigenvalue weighted by Crippen LogP contribution is 2.32. The van der Waals surface area contributed by atoms with Crippen molar-refractivity contribution in [2.24, 2.45) is 0 Å². The summed E-state index contributed by atoms with van der Waals surface area (Å²) < 4.78 is 0. The van der Waals surface area contributed by atoms with Gasteiger partial charge in [0.15, 0.2) is 0 Å². The smallest absolute Gasteiger partial charge is 0.0723 e. The number of aromatic nitrogens is 1. The standard InChI is InChI=1S/C13H12Cl2N2/c1-9(10-5-7-16-8-6-10)17-13-11(14)3-2-4-12(13)15/h2-9,17H,1H3. The van der Waals surface area contributed by atoms with E-state index in [1.54, 1.807) is 12.4 Å². The van der Waals surface area contributed by atoms with Gasteiger partial charge in [0, 0.05) is 18.4 Å². The second-order valence-corrected chi connectivity index (χ2v) is 4.56. The zero-order valence-electron chi connectivity index (χ0n) is 9.32. The predicted octanol–water partition coefficient (Wildman–Crippen LogP) is 4.56. The lowest BCUT2D eigenvalue weighted by Gasteiger charge is -2.17. The van der Waals surface area contributed by atoms with Gasteiger partial charge in [-0.15, -0.1) is 0 Å². The largest absolute Gasteiger partial charge is 0.376 e. The zero-order chi connectivity index (χ0) is 12.3. The van der Waals surface area contributed by atoms with Gasteiger partial charge in [-0.05, 0) is 36.8 Å².